The molecular formula is C20H30F3N3O3S. The van der Waals surface area contributed by atoms with E-state index in [-0.39, 0.29) is 25.6 Å². The Bertz CT molecular complexity index is 722. The summed E-state index contributed by atoms with van der Waals surface area (Å²) in [6, 6.07) is 0. The Morgan fingerprint density at radius 2 is 1.87 bits per heavy atom. The molecule has 0 saturated carbocycles. The Hall–Kier alpha value is -1.65. The van der Waals surface area contributed by atoms with Gasteiger partial charge in [-0.2, -0.15) is 13.2 Å². The van der Waals surface area contributed by atoms with Gasteiger partial charge in [0.05, 0.1) is 25.3 Å². The van der Waals surface area contributed by atoms with Gasteiger partial charge in [0.15, 0.2) is 0 Å². The van der Waals surface area contributed by atoms with Gasteiger partial charge < -0.3 is 10.1 Å². The van der Waals surface area contributed by atoms with E-state index in [0.29, 0.717) is 49.0 Å². The topological polar surface area (TPSA) is 61.9 Å². The molecule has 170 valence electrons. The first kappa shape index (κ1) is 24.6. The predicted octanol–water partition coefficient (Wildman–Crippen LogP) is 3.63. The van der Waals surface area contributed by atoms with Crippen LogP contribution >= 0.6 is 11.3 Å². The summed E-state index contributed by atoms with van der Waals surface area (Å²) in [7, 11) is 0. The first-order chi connectivity index (χ1) is 14.1. The Labute approximate surface area is 179 Å². The highest BCUT2D eigenvalue weighted by Gasteiger charge is 2.31. The number of rotatable bonds is 8. The number of hydrogen-bond donors (Lipinski definition) is 1. The van der Waals surface area contributed by atoms with E-state index in [1.54, 1.807) is 6.92 Å². The number of alkyl halides is 3. The van der Waals surface area contributed by atoms with E-state index in [2.05, 4.69) is 5.32 Å². The van der Waals surface area contributed by atoms with Crippen LogP contribution in [0.3, 0.4) is 0 Å². The van der Waals surface area contributed by atoms with Gasteiger partial charge in [0.25, 0.3) is 0 Å². The molecule has 1 fully saturated rings. The second kappa shape index (κ2) is 11.1. The summed E-state index contributed by atoms with van der Waals surface area (Å²) in [6.07, 6.45) is -2.96. The number of carbonyl (C=O) groups is 2. The minimum absolute atomic E-state index is 0.0690. The maximum atomic E-state index is 12.6. The summed E-state index contributed by atoms with van der Waals surface area (Å²) >= 11 is 1.29. The Morgan fingerprint density at radius 1 is 1.20 bits per heavy atom. The van der Waals surface area contributed by atoms with Crippen LogP contribution in [0.4, 0.5) is 18.2 Å². The average Bonchev–Trinajstić information content (AvgIpc) is 2.86. The number of ether oxygens (including phenoxy) is 1. The van der Waals surface area contributed by atoms with Crippen LogP contribution in [0, 0.1) is 5.92 Å². The molecule has 2 rings (SSSR count). The molecule has 0 atom stereocenters. The van der Waals surface area contributed by atoms with E-state index in [9.17, 15) is 22.8 Å². The quantitative estimate of drug-likeness (QED) is 0.614. The standard InChI is InChI=1S/C20H30F3N3O3S/c1-4-29-19(28)17-15(10-14(2)3)12-30-18(17)24-16(27)11-25-6-5-7-26(9-8-25)13-20(21,22)23/h12,14H,4-11,13H2,1-3H3,(H,24,27). The summed E-state index contributed by atoms with van der Waals surface area (Å²) in [4.78, 5) is 28.2. The molecule has 0 aliphatic carbocycles. The second-order valence-corrected chi connectivity index (χ2v) is 8.73. The zero-order valence-electron chi connectivity index (χ0n) is 17.7. The van der Waals surface area contributed by atoms with Crippen molar-refractivity contribution in [2.75, 3.05) is 51.2 Å². The molecule has 0 bridgehead atoms. The van der Waals surface area contributed by atoms with E-state index in [1.807, 2.05) is 24.1 Å². The van der Waals surface area contributed by atoms with Gasteiger partial charge in [-0.1, -0.05) is 13.8 Å². The molecule has 1 N–H and O–H groups in total. The summed E-state index contributed by atoms with van der Waals surface area (Å²) in [6.45, 7) is 6.76. The summed E-state index contributed by atoms with van der Waals surface area (Å²) in [5, 5.41) is 5.13. The summed E-state index contributed by atoms with van der Waals surface area (Å²) < 4.78 is 43.0. The van der Waals surface area contributed by atoms with Crippen molar-refractivity contribution in [3.8, 4) is 0 Å². The first-order valence-corrected chi connectivity index (χ1v) is 11.1. The Balaban J connectivity index is 1.99. The molecule has 0 radical (unpaired) electrons. The highest BCUT2D eigenvalue weighted by molar-refractivity contribution is 7.15. The number of thiophene rings is 1. The number of halogens is 3. The van der Waals surface area contributed by atoms with Crippen LogP contribution < -0.4 is 5.32 Å². The lowest BCUT2D eigenvalue weighted by Gasteiger charge is -2.22. The minimum Gasteiger partial charge on any atom is -0.462 e. The first-order valence-electron chi connectivity index (χ1n) is 10.2. The Morgan fingerprint density at radius 3 is 2.50 bits per heavy atom. The minimum atomic E-state index is -4.22. The van der Waals surface area contributed by atoms with Crippen molar-refractivity contribution in [3.63, 3.8) is 0 Å². The fourth-order valence-corrected chi connectivity index (χ4v) is 4.45. The van der Waals surface area contributed by atoms with Crippen LogP contribution in [0.2, 0.25) is 0 Å². The van der Waals surface area contributed by atoms with Crippen LogP contribution in [-0.4, -0.2) is 73.7 Å². The monoisotopic (exact) mass is 449 g/mol. The Kier molecular flexibility index (Phi) is 9.11. The largest absolute Gasteiger partial charge is 0.462 e. The number of carbonyl (C=O) groups excluding carboxylic acids is 2. The normalized spacial score (nSPS) is 16.5. The van der Waals surface area contributed by atoms with Gasteiger partial charge in [-0.05, 0) is 49.7 Å². The van der Waals surface area contributed by atoms with Gasteiger partial charge in [-0.3, -0.25) is 14.6 Å². The number of nitrogens with one attached hydrogen (secondary N) is 1. The molecule has 1 aliphatic heterocycles. The average molecular weight is 450 g/mol. The molecule has 1 aromatic heterocycles. The zero-order valence-corrected chi connectivity index (χ0v) is 18.5. The second-order valence-electron chi connectivity index (χ2n) is 7.85. The SMILES string of the molecule is CCOC(=O)c1c(CC(C)C)csc1NC(=O)CN1CCCN(CC(F)(F)F)CC1. The molecule has 1 amide bonds. The van der Waals surface area contributed by atoms with Crippen LogP contribution in [0.1, 0.15) is 43.1 Å². The van der Waals surface area contributed by atoms with Crippen LogP contribution in [0.25, 0.3) is 0 Å². The van der Waals surface area contributed by atoms with Crippen molar-refractivity contribution in [1.29, 1.82) is 0 Å². The van der Waals surface area contributed by atoms with Gasteiger partial charge >= 0.3 is 12.1 Å². The van der Waals surface area contributed by atoms with Crippen LogP contribution in [0.15, 0.2) is 5.38 Å². The highest BCUT2D eigenvalue weighted by Crippen LogP contribution is 2.31. The van der Waals surface area contributed by atoms with Crippen LogP contribution in [-0.2, 0) is 16.0 Å². The van der Waals surface area contributed by atoms with E-state index < -0.39 is 18.7 Å². The van der Waals surface area contributed by atoms with Crippen molar-refractivity contribution in [2.45, 2.75) is 39.8 Å². The summed E-state index contributed by atoms with van der Waals surface area (Å²) in [5.74, 6) is -0.405. The molecule has 10 heteroatoms. The molecule has 6 nitrogen and oxygen atoms in total. The number of anilines is 1. The molecule has 1 saturated heterocycles. The van der Waals surface area contributed by atoms with E-state index in [4.69, 9.17) is 4.74 Å². The van der Waals surface area contributed by atoms with Gasteiger partial charge in [0.2, 0.25) is 5.91 Å². The zero-order chi connectivity index (χ0) is 22.3. The number of esters is 1. The molecular weight excluding hydrogens is 419 g/mol. The number of hydrogen-bond acceptors (Lipinski definition) is 6. The number of amides is 1. The predicted molar refractivity (Wildman–Crippen MR) is 111 cm³/mol. The lowest BCUT2D eigenvalue weighted by Crippen LogP contribution is -2.39. The molecule has 30 heavy (non-hydrogen) atoms. The smallest absolute Gasteiger partial charge is 0.401 e. The third kappa shape index (κ3) is 7.88. The van der Waals surface area contributed by atoms with Crippen LogP contribution in [0.5, 0.6) is 0 Å². The number of nitrogens with zero attached hydrogens (tertiary/aromatic N) is 2. The molecule has 1 aromatic rings. The maximum Gasteiger partial charge on any atom is 0.401 e. The fourth-order valence-electron chi connectivity index (χ4n) is 3.47. The molecule has 0 aromatic carbocycles. The molecule has 0 unspecified atom stereocenters. The van der Waals surface area contributed by atoms with Crippen molar-refractivity contribution in [2.24, 2.45) is 5.92 Å². The van der Waals surface area contributed by atoms with Crippen molar-refractivity contribution < 1.29 is 27.5 Å². The highest BCUT2D eigenvalue weighted by atomic mass is 32.1. The van der Waals surface area contributed by atoms with Gasteiger partial charge in [-0.15, -0.1) is 11.3 Å². The molecule has 2 heterocycles. The fraction of sp³-hybridized carbons (Fsp3) is 0.700. The van der Waals surface area contributed by atoms with Crippen molar-refractivity contribution in [3.05, 3.63) is 16.5 Å². The summed E-state index contributed by atoms with van der Waals surface area (Å²) in [5.41, 5.74) is 1.25. The van der Waals surface area contributed by atoms with Crippen molar-refractivity contribution in [1.82, 2.24) is 9.80 Å². The molecule has 1 aliphatic rings. The van der Waals surface area contributed by atoms with Gasteiger partial charge in [0, 0.05) is 13.1 Å². The van der Waals surface area contributed by atoms with Crippen molar-refractivity contribution >= 4 is 28.2 Å². The van der Waals surface area contributed by atoms with Gasteiger partial charge in [0.1, 0.15) is 5.00 Å². The van der Waals surface area contributed by atoms with E-state index in [1.165, 1.54) is 16.2 Å². The van der Waals surface area contributed by atoms with E-state index >= 15 is 0 Å². The van der Waals surface area contributed by atoms with Gasteiger partial charge in [-0.25, -0.2) is 4.79 Å². The van der Waals surface area contributed by atoms with E-state index in [0.717, 1.165) is 5.56 Å². The third-order valence-electron chi connectivity index (χ3n) is 4.68. The molecule has 0 spiro atoms. The third-order valence-corrected chi connectivity index (χ3v) is 5.62. The lowest BCUT2D eigenvalue weighted by atomic mass is 10.0. The lowest BCUT2D eigenvalue weighted by molar-refractivity contribution is -0.145. The maximum absolute atomic E-state index is 12.6.